The first-order chi connectivity index (χ1) is 14.1. The summed E-state index contributed by atoms with van der Waals surface area (Å²) in [5.74, 6) is 0.252. The van der Waals surface area contributed by atoms with Crippen molar-refractivity contribution < 1.29 is 23.5 Å². The third-order valence-corrected chi connectivity index (χ3v) is 5.39. The summed E-state index contributed by atoms with van der Waals surface area (Å²) in [5.41, 5.74) is 5.03. The number of rotatable bonds is 2. The topological polar surface area (TPSA) is 52.6 Å². The minimum atomic E-state index is -0.513. The molecule has 144 valence electrons. The Hall–Kier alpha value is -3.47. The van der Waals surface area contributed by atoms with Crippen molar-refractivity contribution in [2.45, 2.75) is 25.9 Å². The largest absolute Gasteiger partial charge is 0.488 e. The summed E-state index contributed by atoms with van der Waals surface area (Å²) < 4.78 is 24.2. The average Bonchev–Trinajstić information content (AvgIpc) is 2.74. The molecule has 1 heterocycles. The Balaban J connectivity index is 1.46. The molecule has 5 heteroatoms. The Bertz CT molecular complexity index is 1150. The van der Waals surface area contributed by atoms with Crippen molar-refractivity contribution in [3.63, 3.8) is 0 Å². The smallest absolute Gasteiger partial charge is 0.343 e. The van der Waals surface area contributed by atoms with Crippen LogP contribution in [0.4, 0.5) is 4.39 Å². The fraction of sp³-hybridized carbons (Fsp3) is 0.167. The van der Waals surface area contributed by atoms with E-state index in [2.05, 4.69) is 0 Å². The van der Waals surface area contributed by atoms with Crippen molar-refractivity contribution in [2.24, 2.45) is 0 Å². The predicted octanol–water partition coefficient (Wildman–Crippen LogP) is 5.12. The van der Waals surface area contributed by atoms with Gasteiger partial charge in [-0.3, -0.25) is 4.79 Å². The van der Waals surface area contributed by atoms with Gasteiger partial charge in [0, 0.05) is 17.5 Å². The summed E-state index contributed by atoms with van der Waals surface area (Å²) in [4.78, 5) is 24.6. The molecule has 0 spiro atoms. The lowest BCUT2D eigenvalue weighted by Gasteiger charge is -2.24. The van der Waals surface area contributed by atoms with E-state index >= 15 is 0 Å². The highest BCUT2D eigenvalue weighted by Crippen LogP contribution is 2.41. The number of Topliss-reactive ketones (excluding diaryl/α,β-unsaturated/α-hetero) is 1. The summed E-state index contributed by atoms with van der Waals surface area (Å²) in [6.45, 7) is 0.312. The van der Waals surface area contributed by atoms with Crippen LogP contribution in [0.5, 0.6) is 11.5 Å². The second-order valence-electron chi connectivity index (χ2n) is 7.29. The van der Waals surface area contributed by atoms with E-state index in [0.717, 1.165) is 40.7 Å². The fourth-order valence-electron chi connectivity index (χ4n) is 3.92. The number of ether oxygens (including phenoxy) is 2. The monoisotopic (exact) mass is 388 g/mol. The Kier molecular flexibility index (Phi) is 4.16. The first kappa shape index (κ1) is 17.6. The van der Waals surface area contributed by atoms with E-state index in [0.29, 0.717) is 24.3 Å². The maximum atomic E-state index is 13.0. The molecule has 0 saturated carbocycles. The maximum Gasteiger partial charge on any atom is 0.343 e. The normalized spacial score (nSPS) is 14.3. The molecule has 0 saturated heterocycles. The zero-order valence-corrected chi connectivity index (χ0v) is 15.5. The standard InChI is InChI=1S/C24H17FO4/c25-17-5-7-18(8-6-17)29-24(27)15-4-9-19-16(10-15)13-28-23-12-20-14(11-21(19)23)2-1-3-22(20)26/h4-12H,1-3,13H2. The molecule has 0 bridgehead atoms. The lowest BCUT2D eigenvalue weighted by molar-refractivity contribution is 0.0734. The molecule has 0 N–H and O–H groups in total. The average molecular weight is 388 g/mol. The lowest BCUT2D eigenvalue weighted by Crippen LogP contribution is -2.14. The van der Waals surface area contributed by atoms with Gasteiger partial charge >= 0.3 is 5.97 Å². The molecule has 0 fully saturated rings. The highest BCUT2D eigenvalue weighted by atomic mass is 19.1. The third-order valence-electron chi connectivity index (χ3n) is 5.39. The lowest BCUT2D eigenvalue weighted by atomic mass is 9.86. The van der Waals surface area contributed by atoms with Crippen LogP contribution in [0.2, 0.25) is 0 Å². The minimum absolute atomic E-state index is 0.169. The van der Waals surface area contributed by atoms with E-state index in [1.54, 1.807) is 12.1 Å². The molecular weight excluding hydrogens is 371 g/mol. The number of hydrogen-bond acceptors (Lipinski definition) is 4. The van der Waals surface area contributed by atoms with Gasteiger partial charge in [-0.05, 0) is 78.1 Å². The Morgan fingerprint density at radius 2 is 1.72 bits per heavy atom. The first-order valence-corrected chi connectivity index (χ1v) is 9.52. The Morgan fingerprint density at radius 3 is 2.55 bits per heavy atom. The molecule has 0 amide bonds. The van der Waals surface area contributed by atoms with Gasteiger partial charge in [0.05, 0.1) is 5.56 Å². The molecule has 1 aliphatic heterocycles. The number of ketones is 1. The predicted molar refractivity (Wildman–Crippen MR) is 105 cm³/mol. The van der Waals surface area contributed by atoms with E-state index < -0.39 is 11.8 Å². The molecule has 2 aliphatic rings. The van der Waals surface area contributed by atoms with Gasteiger partial charge in [-0.15, -0.1) is 0 Å². The number of esters is 1. The van der Waals surface area contributed by atoms with Crippen LogP contribution in [0.1, 0.15) is 44.7 Å². The molecule has 3 aromatic rings. The summed E-state index contributed by atoms with van der Waals surface area (Å²) in [5, 5.41) is 0. The van der Waals surface area contributed by atoms with Crippen LogP contribution < -0.4 is 9.47 Å². The third kappa shape index (κ3) is 3.18. The highest BCUT2D eigenvalue weighted by Gasteiger charge is 2.25. The van der Waals surface area contributed by atoms with Gasteiger partial charge < -0.3 is 9.47 Å². The SMILES string of the molecule is O=C(Oc1ccc(F)cc1)c1ccc2c(c1)COc1cc3c(cc1-2)CCCC3=O. The van der Waals surface area contributed by atoms with Gasteiger partial charge in [0.2, 0.25) is 0 Å². The van der Waals surface area contributed by atoms with Gasteiger partial charge in [-0.1, -0.05) is 6.07 Å². The van der Waals surface area contributed by atoms with E-state index in [1.165, 1.54) is 24.3 Å². The number of carbonyl (C=O) groups excluding carboxylic acids is 2. The molecule has 3 aromatic carbocycles. The second-order valence-corrected chi connectivity index (χ2v) is 7.29. The Morgan fingerprint density at radius 1 is 0.897 bits per heavy atom. The van der Waals surface area contributed by atoms with Gasteiger partial charge in [0.25, 0.3) is 0 Å². The number of aryl methyl sites for hydroxylation is 1. The molecule has 4 nitrogen and oxygen atoms in total. The molecule has 29 heavy (non-hydrogen) atoms. The quantitative estimate of drug-likeness (QED) is 0.451. The summed E-state index contributed by atoms with van der Waals surface area (Å²) in [7, 11) is 0. The van der Waals surface area contributed by atoms with Crippen LogP contribution in [0.25, 0.3) is 11.1 Å². The van der Waals surface area contributed by atoms with Gasteiger partial charge in [-0.25, -0.2) is 9.18 Å². The maximum absolute atomic E-state index is 13.0. The molecular formula is C24H17FO4. The number of carbonyl (C=O) groups is 2. The zero-order valence-electron chi connectivity index (χ0n) is 15.5. The molecule has 0 unspecified atom stereocenters. The van der Waals surface area contributed by atoms with Crippen LogP contribution in [-0.2, 0) is 13.0 Å². The summed E-state index contributed by atoms with van der Waals surface area (Å²) in [6.07, 6.45) is 2.33. The number of fused-ring (bicyclic) bond motifs is 4. The molecule has 5 rings (SSSR count). The van der Waals surface area contributed by atoms with Crippen LogP contribution in [0.15, 0.2) is 54.6 Å². The second kappa shape index (κ2) is 6.85. The van der Waals surface area contributed by atoms with Crippen molar-refractivity contribution in [1.82, 2.24) is 0 Å². The fourth-order valence-corrected chi connectivity index (χ4v) is 3.92. The van der Waals surface area contributed by atoms with Crippen LogP contribution in [-0.4, -0.2) is 11.8 Å². The van der Waals surface area contributed by atoms with Crippen molar-refractivity contribution in [3.05, 3.63) is 82.7 Å². The van der Waals surface area contributed by atoms with Crippen LogP contribution in [0, 0.1) is 5.82 Å². The van der Waals surface area contributed by atoms with E-state index in [9.17, 15) is 14.0 Å². The van der Waals surface area contributed by atoms with Gasteiger partial charge in [0.15, 0.2) is 5.78 Å². The van der Waals surface area contributed by atoms with Gasteiger partial charge in [0.1, 0.15) is 23.9 Å². The first-order valence-electron chi connectivity index (χ1n) is 9.52. The van der Waals surface area contributed by atoms with E-state index in [-0.39, 0.29) is 11.5 Å². The highest BCUT2D eigenvalue weighted by molar-refractivity contribution is 6.00. The Labute approximate surface area is 166 Å². The van der Waals surface area contributed by atoms with Gasteiger partial charge in [-0.2, -0.15) is 0 Å². The van der Waals surface area contributed by atoms with Crippen molar-refractivity contribution in [3.8, 4) is 22.6 Å². The number of hydrogen-bond donors (Lipinski definition) is 0. The number of benzene rings is 3. The van der Waals surface area contributed by atoms with Crippen molar-refractivity contribution in [1.29, 1.82) is 0 Å². The molecule has 1 aliphatic carbocycles. The van der Waals surface area contributed by atoms with Crippen LogP contribution >= 0.6 is 0 Å². The zero-order chi connectivity index (χ0) is 20.0. The van der Waals surface area contributed by atoms with E-state index in [4.69, 9.17) is 9.47 Å². The van der Waals surface area contributed by atoms with Crippen molar-refractivity contribution >= 4 is 11.8 Å². The van der Waals surface area contributed by atoms with Crippen LogP contribution in [0.3, 0.4) is 0 Å². The summed E-state index contributed by atoms with van der Waals surface area (Å²) >= 11 is 0. The number of halogens is 1. The molecule has 0 atom stereocenters. The van der Waals surface area contributed by atoms with E-state index in [1.807, 2.05) is 18.2 Å². The summed E-state index contributed by atoms with van der Waals surface area (Å²) in [6, 6.07) is 14.6. The van der Waals surface area contributed by atoms with Crippen molar-refractivity contribution in [2.75, 3.05) is 0 Å². The molecule has 0 radical (unpaired) electrons. The molecule has 0 aromatic heterocycles. The minimum Gasteiger partial charge on any atom is -0.488 e.